The van der Waals surface area contributed by atoms with Crippen molar-refractivity contribution >= 4 is 11.9 Å². The minimum absolute atomic E-state index is 0.945. The molecule has 0 amide bonds. The maximum absolute atomic E-state index is 4.62. The molecule has 3 aromatic carbocycles. The zero-order valence-electron chi connectivity index (χ0n) is 13.8. The van der Waals surface area contributed by atoms with E-state index in [0.29, 0.717) is 0 Å². The van der Waals surface area contributed by atoms with E-state index in [1.807, 2.05) is 36.5 Å². The zero-order chi connectivity index (χ0) is 16.9. The van der Waals surface area contributed by atoms with Gasteiger partial charge in [-0.15, -0.1) is 0 Å². The van der Waals surface area contributed by atoms with Gasteiger partial charge < -0.3 is 4.57 Å². The van der Waals surface area contributed by atoms with Crippen molar-refractivity contribution in [1.29, 1.82) is 0 Å². The van der Waals surface area contributed by atoms with Crippen LogP contribution < -0.4 is 0 Å². The first-order valence-corrected chi connectivity index (χ1v) is 8.32. The van der Waals surface area contributed by atoms with Crippen molar-refractivity contribution in [1.82, 2.24) is 4.57 Å². The van der Waals surface area contributed by atoms with Crippen molar-refractivity contribution in [2.45, 2.75) is 0 Å². The normalized spacial score (nSPS) is 11.0. The third-order valence-electron chi connectivity index (χ3n) is 4.13. The van der Waals surface area contributed by atoms with Gasteiger partial charge in [-0.2, -0.15) is 0 Å². The fourth-order valence-corrected chi connectivity index (χ4v) is 2.83. The summed E-state index contributed by atoms with van der Waals surface area (Å²) in [6.45, 7) is 0. The van der Waals surface area contributed by atoms with E-state index in [2.05, 4.69) is 82.5 Å². The second-order valence-electron chi connectivity index (χ2n) is 5.81. The van der Waals surface area contributed by atoms with Gasteiger partial charge >= 0.3 is 0 Å². The summed E-state index contributed by atoms with van der Waals surface area (Å²) in [5.74, 6) is 0. The first-order valence-electron chi connectivity index (χ1n) is 8.32. The molecule has 2 nitrogen and oxygen atoms in total. The van der Waals surface area contributed by atoms with Crippen LogP contribution in [0.25, 0.3) is 16.8 Å². The highest BCUT2D eigenvalue weighted by molar-refractivity contribution is 5.81. The number of aliphatic imine (C=N–C) groups is 1. The number of hydrogen-bond donors (Lipinski definition) is 0. The molecule has 1 heterocycles. The molecule has 0 bridgehead atoms. The van der Waals surface area contributed by atoms with Crippen molar-refractivity contribution in [2.24, 2.45) is 4.99 Å². The standard InChI is InChI=1S/C23H18N2/c1-3-8-19(9-4-1)20-13-15-21(16-14-20)24-18-23-12-7-17-25(23)22-10-5-2-6-11-22/h1-18H. The lowest BCUT2D eigenvalue weighted by Gasteiger charge is -2.05. The fourth-order valence-electron chi connectivity index (χ4n) is 2.83. The molecule has 1 aromatic heterocycles. The molecule has 0 aliphatic carbocycles. The molecule has 0 saturated carbocycles. The summed E-state index contributed by atoms with van der Waals surface area (Å²) in [5, 5.41) is 0. The molecule has 2 heteroatoms. The third-order valence-corrected chi connectivity index (χ3v) is 4.13. The minimum atomic E-state index is 0.945. The van der Waals surface area contributed by atoms with Crippen LogP contribution in [0, 0.1) is 0 Å². The molecule has 0 atom stereocenters. The lowest BCUT2D eigenvalue weighted by Crippen LogP contribution is -1.97. The number of hydrogen-bond acceptors (Lipinski definition) is 1. The lowest BCUT2D eigenvalue weighted by molar-refractivity contribution is 1.07. The van der Waals surface area contributed by atoms with Crippen LogP contribution in [0.2, 0.25) is 0 Å². The molecule has 0 radical (unpaired) electrons. The Labute approximate surface area is 147 Å². The second-order valence-corrected chi connectivity index (χ2v) is 5.81. The van der Waals surface area contributed by atoms with Crippen LogP contribution in [0.1, 0.15) is 5.69 Å². The molecule has 0 aliphatic rings. The average molecular weight is 322 g/mol. The van der Waals surface area contributed by atoms with Gasteiger partial charge in [0, 0.05) is 11.9 Å². The Morgan fingerprint density at radius 1 is 0.600 bits per heavy atom. The van der Waals surface area contributed by atoms with Crippen molar-refractivity contribution in [2.75, 3.05) is 0 Å². The average Bonchev–Trinajstić information content (AvgIpc) is 3.17. The number of benzene rings is 3. The van der Waals surface area contributed by atoms with Gasteiger partial charge in [-0.3, -0.25) is 4.99 Å². The molecule has 0 spiro atoms. The van der Waals surface area contributed by atoms with Crippen LogP contribution in [0.3, 0.4) is 0 Å². The van der Waals surface area contributed by atoms with Crippen LogP contribution >= 0.6 is 0 Å². The van der Waals surface area contributed by atoms with Gasteiger partial charge in [0.25, 0.3) is 0 Å². The van der Waals surface area contributed by atoms with E-state index < -0.39 is 0 Å². The molecule has 0 fully saturated rings. The van der Waals surface area contributed by atoms with E-state index in [1.54, 1.807) is 0 Å². The number of nitrogens with zero attached hydrogens (tertiary/aromatic N) is 2. The summed E-state index contributed by atoms with van der Waals surface area (Å²) in [6.07, 6.45) is 3.96. The Morgan fingerprint density at radius 3 is 1.96 bits per heavy atom. The van der Waals surface area contributed by atoms with Gasteiger partial charge in [0.05, 0.1) is 17.6 Å². The van der Waals surface area contributed by atoms with Gasteiger partial charge in [0.2, 0.25) is 0 Å². The predicted molar refractivity (Wildman–Crippen MR) is 105 cm³/mol. The Morgan fingerprint density at radius 2 is 1.24 bits per heavy atom. The van der Waals surface area contributed by atoms with E-state index in [1.165, 1.54) is 11.1 Å². The molecule has 0 aliphatic heterocycles. The van der Waals surface area contributed by atoms with Crippen molar-refractivity contribution in [3.8, 4) is 16.8 Å². The molecular formula is C23H18N2. The number of para-hydroxylation sites is 1. The summed E-state index contributed by atoms with van der Waals surface area (Å²) in [5.41, 5.74) is 5.55. The minimum Gasteiger partial charge on any atom is -0.316 e. The van der Waals surface area contributed by atoms with Crippen LogP contribution in [0.15, 0.2) is 108 Å². The van der Waals surface area contributed by atoms with Gasteiger partial charge in [-0.25, -0.2) is 0 Å². The Bertz CT molecular complexity index is 966. The Balaban J connectivity index is 1.56. The third kappa shape index (κ3) is 3.43. The maximum atomic E-state index is 4.62. The topological polar surface area (TPSA) is 17.3 Å². The molecule has 0 N–H and O–H groups in total. The summed E-state index contributed by atoms with van der Waals surface area (Å²) < 4.78 is 2.13. The molecule has 25 heavy (non-hydrogen) atoms. The maximum Gasteiger partial charge on any atom is 0.0639 e. The zero-order valence-corrected chi connectivity index (χ0v) is 13.8. The number of aromatic nitrogens is 1. The second kappa shape index (κ2) is 7.02. The van der Waals surface area contributed by atoms with Gasteiger partial charge in [-0.1, -0.05) is 60.7 Å². The van der Waals surface area contributed by atoms with Crippen molar-refractivity contribution in [3.63, 3.8) is 0 Å². The monoisotopic (exact) mass is 322 g/mol. The van der Waals surface area contributed by atoms with E-state index in [4.69, 9.17) is 0 Å². The molecule has 120 valence electrons. The molecule has 4 aromatic rings. The van der Waals surface area contributed by atoms with Crippen molar-refractivity contribution in [3.05, 3.63) is 109 Å². The summed E-state index contributed by atoms with van der Waals surface area (Å²) in [6, 6.07) is 33.1. The largest absolute Gasteiger partial charge is 0.316 e. The quantitative estimate of drug-likeness (QED) is 0.417. The molecule has 0 unspecified atom stereocenters. The molecular weight excluding hydrogens is 304 g/mol. The summed E-state index contributed by atoms with van der Waals surface area (Å²) in [4.78, 5) is 4.62. The first-order chi connectivity index (χ1) is 12.4. The van der Waals surface area contributed by atoms with Gasteiger partial charge in [0.15, 0.2) is 0 Å². The highest BCUT2D eigenvalue weighted by Gasteiger charge is 2.00. The SMILES string of the molecule is C(=Nc1ccc(-c2ccccc2)cc1)c1cccn1-c1ccccc1. The van der Waals surface area contributed by atoms with Gasteiger partial charge in [0.1, 0.15) is 0 Å². The van der Waals surface area contributed by atoms with Gasteiger partial charge in [-0.05, 0) is 47.5 Å². The fraction of sp³-hybridized carbons (Fsp3) is 0. The van der Waals surface area contributed by atoms with E-state index in [-0.39, 0.29) is 0 Å². The van der Waals surface area contributed by atoms with Crippen LogP contribution in [0.4, 0.5) is 5.69 Å². The lowest BCUT2D eigenvalue weighted by atomic mass is 10.1. The first kappa shape index (κ1) is 15.2. The highest BCUT2D eigenvalue weighted by Crippen LogP contribution is 2.22. The van der Waals surface area contributed by atoms with E-state index in [0.717, 1.165) is 17.1 Å². The Hall–Kier alpha value is -3.39. The summed E-state index contributed by atoms with van der Waals surface area (Å²) >= 11 is 0. The van der Waals surface area contributed by atoms with E-state index in [9.17, 15) is 0 Å². The predicted octanol–water partition coefficient (Wildman–Crippen LogP) is 5.89. The summed E-state index contributed by atoms with van der Waals surface area (Å²) in [7, 11) is 0. The number of rotatable bonds is 4. The van der Waals surface area contributed by atoms with Crippen LogP contribution in [-0.2, 0) is 0 Å². The molecule has 4 rings (SSSR count). The highest BCUT2D eigenvalue weighted by atomic mass is 15.0. The van der Waals surface area contributed by atoms with Crippen molar-refractivity contribution < 1.29 is 0 Å². The Kier molecular flexibility index (Phi) is 4.25. The van der Waals surface area contributed by atoms with E-state index >= 15 is 0 Å². The molecule has 0 saturated heterocycles. The smallest absolute Gasteiger partial charge is 0.0639 e. The van der Waals surface area contributed by atoms with Crippen LogP contribution in [-0.4, -0.2) is 10.8 Å². The van der Waals surface area contributed by atoms with Crippen LogP contribution in [0.5, 0.6) is 0 Å².